The molecular weight excluding hydrogens is 248 g/mol. The van der Waals surface area contributed by atoms with E-state index < -0.39 is 0 Å². The molecule has 0 amide bonds. The maximum absolute atomic E-state index is 11.7. The van der Waals surface area contributed by atoms with Gasteiger partial charge >= 0.3 is 5.97 Å². The Morgan fingerprint density at radius 1 is 1.30 bits per heavy atom. The Morgan fingerprint density at radius 3 is 2.65 bits per heavy atom. The third kappa shape index (κ3) is 6.37. The minimum atomic E-state index is -0.212. The van der Waals surface area contributed by atoms with E-state index >= 15 is 0 Å². The highest BCUT2D eigenvalue weighted by Crippen LogP contribution is 2.16. The van der Waals surface area contributed by atoms with Gasteiger partial charge in [-0.1, -0.05) is 49.4 Å². The van der Waals surface area contributed by atoms with Gasteiger partial charge in [0.15, 0.2) is 0 Å². The quantitative estimate of drug-likeness (QED) is 0.409. The molecule has 0 aliphatic heterocycles. The van der Waals surface area contributed by atoms with Crippen LogP contribution in [0, 0.1) is 5.92 Å². The van der Waals surface area contributed by atoms with E-state index in [2.05, 4.69) is 19.1 Å². The van der Waals surface area contributed by atoms with Gasteiger partial charge in [-0.2, -0.15) is 0 Å². The Bertz CT molecular complexity index is 458. The predicted molar refractivity (Wildman–Crippen MR) is 83.2 cm³/mol. The van der Waals surface area contributed by atoms with Crippen LogP contribution in [-0.4, -0.2) is 5.97 Å². The fourth-order valence-corrected chi connectivity index (χ4v) is 1.82. The Kier molecular flexibility index (Phi) is 7.41. The van der Waals surface area contributed by atoms with Crippen LogP contribution in [0.5, 0.6) is 0 Å². The van der Waals surface area contributed by atoms with Crippen molar-refractivity contribution < 1.29 is 9.53 Å². The molecule has 0 N–H and O–H groups in total. The molecule has 1 aromatic rings. The first kappa shape index (κ1) is 16.2. The van der Waals surface area contributed by atoms with Crippen molar-refractivity contribution in [2.75, 3.05) is 0 Å². The number of carbonyl (C=O) groups is 1. The van der Waals surface area contributed by atoms with Crippen molar-refractivity contribution in [1.29, 1.82) is 0 Å². The zero-order chi connectivity index (χ0) is 14.8. The largest absolute Gasteiger partial charge is 0.434 e. The number of hydrogen-bond donors (Lipinski definition) is 0. The first-order valence-corrected chi connectivity index (χ1v) is 7.14. The number of allylic oxidation sites excluding steroid dienone is 3. The van der Waals surface area contributed by atoms with Gasteiger partial charge in [0.25, 0.3) is 0 Å². The molecule has 0 spiro atoms. The molecule has 0 aliphatic rings. The summed E-state index contributed by atoms with van der Waals surface area (Å²) in [6.07, 6.45) is 8.27. The lowest BCUT2D eigenvalue weighted by molar-refractivity contribution is -0.137. The third-order valence-corrected chi connectivity index (χ3v) is 3.35. The van der Waals surface area contributed by atoms with E-state index in [1.54, 1.807) is 6.26 Å². The van der Waals surface area contributed by atoms with Crippen molar-refractivity contribution in [3.8, 4) is 0 Å². The predicted octanol–water partition coefficient (Wildman–Crippen LogP) is 4.67. The molecule has 20 heavy (non-hydrogen) atoms. The van der Waals surface area contributed by atoms with Crippen LogP contribution in [0.15, 0.2) is 54.3 Å². The van der Waals surface area contributed by atoms with Crippen LogP contribution in [0.25, 0.3) is 0 Å². The highest BCUT2D eigenvalue weighted by atomic mass is 16.5. The second-order valence-corrected chi connectivity index (χ2v) is 5.06. The van der Waals surface area contributed by atoms with Gasteiger partial charge in [-0.15, -0.1) is 0 Å². The number of benzene rings is 1. The Hall–Kier alpha value is -1.83. The van der Waals surface area contributed by atoms with Crippen LogP contribution in [0.4, 0.5) is 0 Å². The normalized spacial score (nSPS) is 13.4. The molecule has 1 unspecified atom stereocenters. The van der Waals surface area contributed by atoms with Gasteiger partial charge in [-0.05, 0) is 43.7 Å². The SMILES string of the molecule is C/C=C/CCC(C)/C(C)=C/OC(=O)Cc1ccccc1. The van der Waals surface area contributed by atoms with Gasteiger partial charge < -0.3 is 4.74 Å². The molecule has 0 aliphatic carbocycles. The van der Waals surface area contributed by atoms with Crippen LogP contribution in [-0.2, 0) is 16.0 Å². The Morgan fingerprint density at radius 2 is 2.00 bits per heavy atom. The van der Waals surface area contributed by atoms with Crippen molar-refractivity contribution in [2.24, 2.45) is 5.92 Å². The minimum absolute atomic E-state index is 0.212. The van der Waals surface area contributed by atoms with Crippen LogP contribution < -0.4 is 0 Å². The molecule has 0 bridgehead atoms. The fourth-order valence-electron chi connectivity index (χ4n) is 1.82. The van der Waals surface area contributed by atoms with Gasteiger partial charge in [0, 0.05) is 0 Å². The average molecular weight is 272 g/mol. The molecule has 108 valence electrons. The summed E-state index contributed by atoms with van der Waals surface area (Å²) in [6, 6.07) is 9.64. The first-order chi connectivity index (χ1) is 9.63. The van der Waals surface area contributed by atoms with Gasteiger partial charge in [0.1, 0.15) is 0 Å². The summed E-state index contributed by atoms with van der Waals surface area (Å²) in [5, 5.41) is 0. The van der Waals surface area contributed by atoms with Crippen molar-refractivity contribution in [1.82, 2.24) is 0 Å². The number of esters is 1. The first-order valence-electron chi connectivity index (χ1n) is 7.14. The molecular formula is C18H24O2. The molecule has 2 heteroatoms. The zero-order valence-corrected chi connectivity index (χ0v) is 12.6. The highest BCUT2D eigenvalue weighted by molar-refractivity contribution is 5.73. The average Bonchev–Trinajstić information content (AvgIpc) is 2.46. The van der Waals surface area contributed by atoms with Crippen molar-refractivity contribution in [3.63, 3.8) is 0 Å². The Labute approximate surface area is 122 Å². The van der Waals surface area contributed by atoms with E-state index in [1.807, 2.05) is 44.2 Å². The monoisotopic (exact) mass is 272 g/mol. The summed E-state index contributed by atoms with van der Waals surface area (Å²) in [4.78, 5) is 11.7. The second kappa shape index (κ2) is 9.13. The van der Waals surface area contributed by atoms with Gasteiger partial charge in [-0.25, -0.2) is 0 Å². The number of ether oxygens (including phenoxy) is 1. The maximum Gasteiger partial charge on any atom is 0.315 e. The molecule has 0 aromatic heterocycles. The zero-order valence-electron chi connectivity index (χ0n) is 12.6. The topological polar surface area (TPSA) is 26.3 Å². The van der Waals surface area contributed by atoms with E-state index in [0.29, 0.717) is 12.3 Å². The van der Waals surface area contributed by atoms with Crippen LogP contribution >= 0.6 is 0 Å². The lowest BCUT2D eigenvalue weighted by atomic mass is 9.98. The van der Waals surface area contributed by atoms with Crippen molar-refractivity contribution >= 4 is 5.97 Å². The molecule has 0 saturated carbocycles. The molecule has 0 radical (unpaired) electrons. The van der Waals surface area contributed by atoms with E-state index in [-0.39, 0.29) is 5.97 Å². The standard InChI is InChI=1S/C18H24O2/c1-4-5-7-10-15(2)16(3)14-20-18(19)13-17-11-8-6-9-12-17/h4-6,8-9,11-12,14-15H,7,10,13H2,1-3H3/b5-4+,16-14+. The molecule has 1 atom stereocenters. The summed E-state index contributed by atoms with van der Waals surface area (Å²) in [7, 11) is 0. The molecule has 1 rings (SSSR count). The van der Waals surface area contributed by atoms with Crippen LogP contribution in [0.2, 0.25) is 0 Å². The smallest absolute Gasteiger partial charge is 0.315 e. The maximum atomic E-state index is 11.7. The summed E-state index contributed by atoms with van der Waals surface area (Å²) in [5.41, 5.74) is 2.08. The molecule has 0 heterocycles. The molecule has 2 nitrogen and oxygen atoms in total. The molecule has 0 saturated heterocycles. The summed E-state index contributed by atoms with van der Waals surface area (Å²) in [6.45, 7) is 6.19. The van der Waals surface area contributed by atoms with Crippen molar-refractivity contribution in [2.45, 2.75) is 40.0 Å². The number of rotatable bonds is 7. The van der Waals surface area contributed by atoms with Gasteiger partial charge in [0.05, 0.1) is 12.7 Å². The lowest BCUT2D eigenvalue weighted by Gasteiger charge is -2.10. The molecule has 1 aromatic carbocycles. The number of carbonyl (C=O) groups excluding carboxylic acids is 1. The van der Waals surface area contributed by atoms with E-state index in [0.717, 1.165) is 24.0 Å². The van der Waals surface area contributed by atoms with Crippen molar-refractivity contribution in [3.05, 3.63) is 59.9 Å². The van der Waals surface area contributed by atoms with E-state index in [4.69, 9.17) is 4.74 Å². The fraction of sp³-hybridized carbons (Fsp3) is 0.389. The lowest BCUT2D eigenvalue weighted by Crippen LogP contribution is -2.05. The Balaban J connectivity index is 2.39. The van der Waals surface area contributed by atoms with E-state index in [9.17, 15) is 4.79 Å². The van der Waals surface area contributed by atoms with Crippen LogP contribution in [0.1, 0.15) is 39.2 Å². The third-order valence-electron chi connectivity index (χ3n) is 3.35. The molecule has 0 fully saturated rings. The number of hydrogen-bond acceptors (Lipinski definition) is 2. The van der Waals surface area contributed by atoms with Crippen LogP contribution in [0.3, 0.4) is 0 Å². The van der Waals surface area contributed by atoms with Gasteiger partial charge in [0.2, 0.25) is 0 Å². The highest BCUT2D eigenvalue weighted by Gasteiger charge is 2.06. The van der Waals surface area contributed by atoms with E-state index in [1.165, 1.54) is 0 Å². The minimum Gasteiger partial charge on any atom is -0.434 e. The second-order valence-electron chi connectivity index (χ2n) is 5.06. The summed E-state index contributed by atoms with van der Waals surface area (Å²) in [5.74, 6) is 0.215. The summed E-state index contributed by atoms with van der Waals surface area (Å²) < 4.78 is 5.22. The van der Waals surface area contributed by atoms with Gasteiger partial charge in [-0.3, -0.25) is 4.79 Å². The summed E-state index contributed by atoms with van der Waals surface area (Å²) >= 11 is 0.